The highest BCUT2D eigenvalue weighted by Gasteiger charge is 2.08. The first kappa shape index (κ1) is 9.80. The number of hydrogen-bond donors (Lipinski definition) is 1. The van der Waals surface area contributed by atoms with Gasteiger partial charge in [-0.2, -0.15) is 5.10 Å². The van der Waals surface area contributed by atoms with Crippen molar-refractivity contribution in [2.75, 3.05) is 5.32 Å². The zero-order valence-electron chi connectivity index (χ0n) is 7.47. The topological polar surface area (TPSA) is 46.9 Å². The van der Waals surface area contributed by atoms with Gasteiger partial charge in [-0.1, -0.05) is 18.2 Å². The van der Waals surface area contributed by atoms with E-state index in [2.05, 4.69) is 17.0 Å². The van der Waals surface area contributed by atoms with Gasteiger partial charge in [0.2, 0.25) is 0 Å². The molecule has 5 heteroatoms. The maximum Gasteiger partial charge on any atom is 0.267 e. The lowest BCUT2D eigenvalue weighted by molar-refractivity contribution is -0.112. The minimum atomic E-state index is -0.427. The number of nitrogens with zero attached hydrogens (tertiary/aromatic N) is 2. The third-order valence-electron chi connectivity index (χ3n) is 1.49. The van der Waals surface area contributed by atoms with Gasteiger partial charge in [-0.3, -0.25) is 9.48 Å². The Balaban J connectivity index is 2.80. The Bertz CT molecular complexity index is 356. The van der Waals surface area contributed by atoms with Crippen LogP contribution in [-0.4, -0.2) is 15.7 Å². The van der Waals surface area contributed by atoms with E-state index in [9.17, 15) is 4.79 Å². The number of nitrogens with one attached hydrogen (secondary N) is 1. The Labute approximate surface area is 81.2 Å². The predicted molar refractivity (Wildman–Crippen MR) is 51.6 cm³/mol. The molecule has 0 atom stereocenters. The number of carbonyl (C=O) groups is 1. The summed E-state index contributed by atoms with van der Waals surface area (Å²) in [6.45, 7) is 5.15. The van der Waals surface area contributed by atoms with Crippen molar-refractivity contribution in [3.63, 3.8) is 0 Å². The number of aromatic nitrogens is 2. The third kappa shape index (κ3) is 2.32. The number of hydrogen-bond acceptors (Lipinski definition) is 2. The summed E-state index contributed by atoms with van der Waals surface area (Å²) in [4.78, 5) is 11.1. The fourth-order valence-electron chi connectivity index (χ4n) is 0.906. The molecule has 1 aromatic rings. The highest BCUT2D eigenvalue weighted by molar-refractivity contribution is 6.43. The largest absolute Gasteiger partial charge is 0.304 e. The molecule has 1 rings (SSSR count). The van der Waals surface area contributed by atoms with E-state index in [1.807, 2.05) is 6.92 Å². The van der Waals surface area contributed by atoms with Crippen molar-refractivity contribution >= 4 is 23.3 Å². The number of carbonyl (C=O) groups excluding carboxylic acids is 1. The average molecular weight is 200 g/mol. The molecule has 0 aliphatic heterocycles. The van der Waals surface area contributed by atoms with Crippen molar-refractivity contribution in [1.29, 1.82) is 0 Å². The van der Waals surface area contributed by atoms with Crippen LogP contribution in [0.1, 0.15) is 5.56 Å². The summed E-state index contributed by atoms with van der Waals surface area (Å²) in [5, 5.41) is 6.49. The Morgan fingerprint density at radius 1 is 1.77 bits per heavy atom. The molecule has 13 heavy (non-hydrogen) atoms. The van der Waals surface area contributed by atoms with E-state index in [-0.39, 0.29) is 5.03 Å². The summed E-state index contributed by atoms with van der Waals surface area (Å²) < 4.78 is 1.61. The molecule has 0 aliphatic rings. The lowest BCUT2D eigenvalue weighted by Gasteiger charge is -1.99. The molecule has 0 aromatic carbocycles. The molecular weight excluding hydrogens is 190 g/mol. The van der Waals surface area contributed by atoms with Gasteiger partial charge in [-0.15, -0.1) is 0 Å². The highest BCUT2D eigenvalue weighted by atomic mass is 35.5. The minimum Gasteiger partial charge on any atom is -0.304 e. The van der Waals surface area contributed by atoms with E-state index >= 15 is 0 Å². The third-order valence-corrected chi connectivity index (χ3v) is 1.66. The van der Waals surface area contributed by atoms with Crippen LogP contribution in [-0.2, 0) is 11.8 Å². The molecule has 1 amide bonds. The second-order valence-electron chi connectivity index (χ2n) is 2.69. The Kier molecular flexibility index (Phi) is 2.72. The fourth-order valence-corrected chi connectivity index (χ4v) is 0.953. The predicted octanol–water partition coefficient (Wildman–Crippen LogP) is 1.42. The molecule has 0 aliphatic carbocycles. The minimum absolute atomic E-state index is 0.0509. The van der Waals surface area contributed by atoms with Crippen molar-refractivity contribution in [1.82, 2.24) is 9.78 Å². The molecule has 0 saturated heterocycles. The summed E-state index contributed by atoms with van der Waals surface area (Å²) in [6.07, 6.45) is 1.80. The van der Waals surface area contributed by atoms with Gasteiger partial charge in [0.25, 0.3) is 5.91 Å². The highest BCUT2D eigenvalue weighted by Crippen LogP contribution is 2.11. The second kappa shape index (κ2) is 3.62. The van der Waals surface area contributed by atoms with Gasteiger partial charge in [-0.05, 0) is 6.92 Å². The van der Waals surface area contributed by atoms with Gasteiger partial charge in [0.1, 0.15) is 0 Å². The Morgan fingerprint density at radius 2 is 2.38 bits per heavy atom. The molecule has 1 heterocycles. The van der Waals surface area contributed by atoms with Crippen LogP contribution in [0, 0.1) is 6.92 Å². The summed E-state index contributed by atoms with van der Waals surface area (Å²) in [6, 6.07) is 0. The van der Waals surface area contributed by atoms with Crippen LogP contribution in [0.4, 0.5) is 5.82 Å². The monoisotopic (exact) mass is 199 g/mol. The number of halogens is 1. The molecule has 0 saturated carbocycles. The zero-order chi connectivity index (χ0) is 10.0. The Hall–Kier alpha value is -1.29. The van der Waals surface area contributed by atoms with E-state index in [0.717, 1.165) is 5.56 Å². The van der Waals surface area contributed by atoms with Gasteiger partial charge in [-0.25, -0.2) is 0 Å². The lowest BCUT2D eigenvalue weighted by atomic mass is 10.4. The number of amides is 1. The van der Waals surface area contributed by atoms with Crippen molar-refractivity contribution in [3.8, 4) is 0 Å². The first-order valence-electron chi connectivity index (χ1n) is 3.66. The molecule has 0 radical (unpaired) electrons. The smallest absolute Gasteiger partial charge is 0.267 e. The second-order valence-corrected chi connectivity index (χ2v) is 3.15. The number of aryl methyl sites for hydroxylation is 2. The molecule has 70 valence electrons. The normalized spacial score (nSPS) is 9.77. The van der Waals surface area contributed by atoms with Crippen LogP contribution in [0.2, 0.25) is 0 Å². The molecule has 0 unspecified atom stereocenters. The molecule has 4 nitrogen and oxygen atoms in total. The maximum atomic E-state index is 11.1. The quantitative estimate of drug-likeness (QED) is 0.733. The van der Waals surface area contributed by atoms with Crippen molar-refractivity contribution in [3.05, 3.63) is 23.4 Å². The van der Waals surface area contributed by atoms with Crippen LogP contribution >= 0.6 is 11.6 Å². The van der Waals surface area contributed by atoms with E-state index in [4.69, 9.17) is 11.6 Å². The first-order valence-corrected chi connectivity index (χ1v) is 4.04. The van der Waals surface area contributed by atoms with Gasteiger partial charge in [0, 0.05) is 18.8 Å². The van der Waals surface area contributed by atoms with E-state index in [1.165, 1.54) is 0 Å². The molecule has 0 spiro atoms. The fraction of sp³-hybridized carbons (Fsp3) is 0.250. The standard InChI is InChI=1S/C8H10ClN3O/c1-5-4-12(3)11-7(5)10-8(13)6(2)9/h4H,2H2,1,3H3,(H,10,11,13). The summed E-state index contributed by atoms with van der Waals surface area (Å²) >= 11 is 5.40. The summed E-state index contributed by atoms with van der Waals surface area (Å²) in [5.74, 6) is 0.0813. The Morgan fingerprint density at radius 3 is 2.77 bits per heavy atom. The molecule has 0 fully saturated rings. The van der Waals surface area contributed by atoms with Gasteiger partial charge in [0.05, 0.1) is 5.03 Å². The lowest BCUT2D eigenvalue weighted by Crippen LogP contribution is -2.12. The van der Waals surface area contributed by atoms with Crippen molar-refractivity contribution in [2.45, 2.75) is 6.92 Å². The van der Waals surface area contributed by atoms with Crippen LogP contribution in [0.3, 0.4) is 0 Å². The maximum absolute atomic E-state index is 11.1. The van der Waals surface area contributed by atoms with Crippen LogP contribution in [0.5, 0.6) is 0 Å². The van der Waals surface area contributed by atoms with Gasteiger partial charge in [0.15, 0.2) is 5.82 Å². The molecular formula is C8H10ClN3O. The van der Waals surface area contributed by atoms with E-state index in [0.29, 0.717) is 5.82 Å². The van der Waals surface area contributed by atoms with E-state index in [1.54, 1.807) is 17.9 Å². The van der Waals surface area contributed by atoms with Gasteiger partial charge < -0.3 is 5.32 Å². The van der Waals surface area contributed by atoms with Crippen LogP contribution in [0.15, 0.2) is 17.8 Å². The van der Waals surface area contributed by atoms with Crippen LogP contribution in [0.25, 0.3) is 0 Å². The van der Waals surface area contributed by atoms with Crippen molar-refractivity contribution < 1.29 is 4.79 Å². The van der Waals surface area contributed by atoms with Crippen LogP contribution < -0.4 is 5.32 Å². The van der Waals surface area contributed by atoms with E-state index < -0.39 is 5.91 Å². The number of anilines is 1. The SMILES string of the molecule is C=C(Cl)C(=O)Nc1nn(C)cc1C. The average Bonchev–Trinajstić information content (AvgIpc) is 2.30. The van der Waals surface area contributed by atoms with Gasteiger partial charge >= 0.3 is 0 Å². The van der Waals surface area contributed by atoms with Crippen molar-refractivity contribution in [2.24, 2.45) is 7.05 Å². The summed E-state index contributed by atoms with van der Waals surface area (Å²) in [5.41, 5.74) is 0.883. The molecule has 1 N–H and O–H groups in total. The number of rotatable bonds is 2. The summed E-state index contributed by atoms with van der Waals surface area (Å²) in [7, 11) is 1.78. The molecule has 0 bridgehead atoms. The first-order chi connectivity index (χ1) is 6.00. The molecule has 1 aromatic heterocycles. The zero-order valence-corrected chi connectivity index (χ0v) is 8.22.